The van der Waals surface area contributed by atoms with Crippen LogP contribution in [0, 0.1) is 0 Å². The molecule has 2 N–H and O–H groups in total. The average Bonchev–Trinajstić information content (AvgIpc) is 2.94. The van der Waals surface area contributed by atoms with Gasteiger partial charge in [0.25, 0.3) is 0 Å². The predicted molar refractivity (Wildman–Crippen MR) is 62.9 cm³/mol. The van der Waals surface area contributed by atoms with Crippen LogP contribution >= 0.6 is 0 Å². The molecule has 15 heavy (non-hydrogen) atoms. The van der Waals surface area contributed by atoms with Crippen LogP contribution in [0.25, 0.3) is 0 Å². The zero-order chi connectivity index (χ0) is 10.8. The van der Waals surface area contributed by atoms with Crippen molar-refractivity contribution in [2.45, 2.75) is 45.3 Å². The lowest BCUT2D eigenvalue weighted by atomic mass is 10.0. The van der Waals surface area contributed by atoms with Crippen molar-refractivity contribution in [3.05, 3.63) is 29.3 Å². The zero-order valence-electron chi connectivity index (χ0n) is 9.49. The second kappa shape index (κ2) is 4.23. The molecule has 1 aliphatic heterocycles. The van der Waals surface area contributed by atoms with Gasteiger partial charge in [-0.3, -0.25) is 0 Å². The molecular weight excluding hydrogens is 186 g/mol. The van der Waals surface area contributed by atoms with Gasteiger partial charge in [-0.05, 0) is 43.4 Å². The number of hydrogen-bond donors (Lipinski definition) is 1. The first-order chi connectivity index (χ1) is 7.20. The number of hydrogen-bond acceptors (Lipinski definition) is 2. The lowest BCUT2D eigenvalue weighted by Gasteiger charge is -2.06. The SMILES string of the molecule is CCc1ccc(N)c(CCC2OC2C)c1. The second-order valence-corrected chi connectivity index (χ2v) is 4.31. The molecule has 0 saturated carbocycles. The fourth-order valence-electron chi connectivity index (χ4n) is 1.93. The van der Waals surface area contributed by atoms with E-state index in [0.29, 0.717) is 12.2 Å². The maximum atomic E-state index is 5.94. The van der Waals surface area contributed by atoms with Gasteiger partial charge in [-0.1, -0.05) is 19.1 Å². The summed E-state index contributed by atoms with van der Waals surface area (Å²) in [6.07, 6.45) is 4.13. The van der Waals surface area contributed by atoms with Gasteiger partial charge in [0.15, 0.2) is 0 Å². The molecule has 1 saturated heterocycles. The third kappa shape index (κ3) is 2.51. The molecule has 0 aliphatic carbocycles. The Labute approximate surface area is 91.4 Å². The molecule has 1 aromatic rings. The number of ether oxygens (including phenoxy) is 1. The molecule has 1 aliphatic rings. The molecule has 82 valence electrons. The molecule has 2 nitrogen and oxygen atoms in total. The minimum atomic E-state index is 0.459. The third-order valence-corrected chi connectivity index (χ3v) is 3.15. The molecule has 0 amide bonds. The quantitative estimate of drug-likeness (QED) is 0.606. The summed E-state index contributed by atoms with van der Waals surface area (Å²) >= 11 is 0. The minimum absolute atomic E-state index is 0.459. The topological polar surface area (TPSA) is 38.5 Å². The Bertz CT molecular complexity index is 348. The fourth-order valence-corrected chi connectivity index (χ4v) is 1.93. The van der Waals surface area contributed by atoms with E-state index >= 15 is 0 Å². The van der Waals surface area contributed by atoms with E-state index in [1.807, 2.05) is 6.07 Å². The summed E-state index contributed by atoms with van der Waals surface area (Å²) in [6, 6.07) is 6.35. The van der Waals surface area contributed by atoms with Gasteiger partial charge in [-0.15, -0.1) is 0 Å². The van der Waals surface area contributed by atoms with Crippen LogP contribution in [-0.4, -0.2) is 12.2 Å². The highest BCUT2D eigenvalue weighted by atomic mass is 16.6. The lowest BCUT2D eigenvalue weighted by molar-refractivity contribution is 0.370. The monoisotopic (exact) mass is 205 g/mol. The Morgan fingerprint density at radius 1 is 1.40 bits per heavy atom. The van der Waals surface area contributed by atoms with Crippen LogP contribution in [0.15, 0.2) is 18.2 Å². The minimum Gasteiger partial charge on any atom is -0.399 e. The van der Waals surface area contributed by atoms with Gasteiger partial charge in [-0.25, -0.2) is 0 Å². The van der Waals surface area contributed by atoms with Gasteiger partial charge in [0, 0.05) is 5.69 Å². The van der Waals surface area contributed by atoms with E-state index in [2.05, 4.69) is 26.0 Å². The first kappa shape index (κ1) is 10.5. The Balaban J connectivity index is 1.99. The summed E-state index contributed by atoms with van der Waals surface area (Å²) in [5, 5.41) is 0. The van der Waals surface area contributed by atoms with Gasteiger partial charge < -0.3 is 10.5 Å². The lowest BCUT2D eigenvalue weighted by Crippen LogP contribution is -1.99. The first-order valence-electron chi connectivity index (χ1n) is 5.73. The van der Waals surface area contributed by atoms with Crippen LogP contribution in [0.4, 0.5) is 5.69 Å². The predicted octanol–water partition coefficient (Wildman–Crippen LogP) is 2.55. The van der Waals surface area contributed by atoms with Crippen LogP contribution in [0.2, 0.25) is 0 Å². The van der Waals surface area contributed by atoms with E-state index in [0.717, 1.165) is 24.9 Å². The Hall–Kier alpha value is -1.02. The van der Waals surface area contributed by atoms with Gasteiger partial charge in [0.05, 0.1) is 12.2 Å². The van der Waals surface area contributed by atoms with Gasteiger partial charge >= 0.3 is 0 Å². The summed E-state index contributed by atoms with van der Waals surface area (Å²) in [5.41, 5.74) is 9.50. The summed E-state index contributed by atoms with van der Waals surface area (Å²) in [6.45, 7) is 4.29. The maximum Gasteiger partial charge on any atom is 0.0842 e. The van der Waals surface area contributed by atoms with Crippen molar-refractivity contribution < 1.29 is 4.74 Å². The molecule has 2 heteroatoms. The Morgan fingerprint density at radius 3 is 2.73 bits per heavy atom. The molecule has 0 bridgehead atoms. The number of epoxide rings is 1. The molecule has 2 atom stereocenters. The van der Waals surface area contributed by atoms with Crippen molar-refractivity contribution in [2.75, 3.05) is 5.73 Å². The summed E-state index contributed by atoms with van der Waals surface area (Å²) in [4.78, 5) is 0. The van der Waals surface area contributed by atoms with E-state index in [4.69, 9.17) is 10.5 Å². The molecule has 0 spiro atoms. The molecule has 0 aromatic heterocycles. The van der Waals surface area contributed by atoms with Crippen LogP contribution in [0.5, 0.6) is 0 Å². The van der Waals surface area contributed by atoms with E-state index < -0.39 is 0 Å². The largest absolute Gasteiger partial charge is 0.399 e. The molecule has 2 rings (SSSR count). The number of rotatable bonds is 4. The summed E-state index contributed by atoms with van der Waals surface area (Å²) in [5.74, 6) is 0. The van der Waals surface area contributed by atoms with Crippen molar-refractivity contribution in [3.8, 4) is 0 Å². The summed E-state index contributed by atoms with van der Waals surface area (Å²) in [7, 11) is 0. The van der Waals surface area contributed by atoms with E-state index in [1.54, 1.807) is 0 Å². The smallest absolute Gasteiger partial charge is 0.0842 e. The average molecular weight is 205 g/mol. The van der Waals surface area contributed by atoms with E-state index in [9.17, 15) is 0 Å². The summed E-state index contributed by atoms with van der Waals surface area (Å²) < 4.78 is 5.39. The van der Waals surface area contributed by atoms with Gasteiger partial charge in [0.2, 0.25) is 0 Å². The van der Waals surface area contributed by atoms with Crippen molar-refractivity contribution in [1.29, 1.82) is 0 Å². The number of benzene rings is 1. The van der Waals surface area contributed by atoms with Gasteiger partial charge in [0.1, 0.15) is 0 Å². The third-order valence-electron chi connectivity index (χ3n) is 3.15. The van der Waals surface area contributed by atoms with Crippen molar-refractivity contribution in [3.63, 3.8) is 0 Å². The van der Waals surface area contributed by atoms with Crippen LogP contribution in [0.1, 0.15) is 31.4 Å². The van der Waals surface area contributed by atoms with E-state index in [-0.39, 0.29) is 0 Å². The molecule has 1 aromatic carbocycles. The van der Waals surface area contributed by atoms with Crippen molar-refractivity contribution in [2.24, 2.45) is 0 Å². The maximum absolute atomic E-state index is 5.94. The van der Waals surface area contributed by atoms with Crippen LogP contribution in [0.3, 0.4) is 0 Å². The van der Waals surface area contributed by atoms with Gasteiger partial charge in [-0.2, -0.15) is 0 Å². The number of nitrogens with two attached hydrogens (primary N) is 1. The first-order valence-corrected chi connectivity index (χ1v) is 5.73. The number of nitrogen functional groups attached to an aromatic ring is 1. The Kier molecular flexibility index (Phi) is 2.96. The molecule has 1 heterocycles. The standard InChI is InChI=1S/C13H19NO/c1-3-10-4-6-12(14)11(8-10)5-7-13-9(2)15-13/h4,6,8-9,13H,3,5,7,14H2,1-2H3. The van der Waals surface area contributed by atoms with Crippen molar-refractivity contribution in [1.82, 2.24) is 0 Å². The molecular formula is C13H19NO. The molecule has 0 radical (unpaired) electrons. The Morgan fingerprint density at radius 2 is 2.13 bits per heavy atom. The number of anilines is 1. The second-order valence-electron chi connectivity index (χ2n) is 4.31. The highest BCUT2D eigenvalue weighted by Gasteiger charge is 2.33. The highest BCUT2D eigenvalue weighted by molar-refractivity contribution is 5.48. The van der Waals surface area contributed by atoms with Crippen LogP contribution in [-0.2, 0) is 17.6 Å². The fraction of sp³-hybridized carbons (Fsp3) is 0.538. The molecule has 2 unspecified atom stereocenters. The zero-order valence-corrected chi connectivity index (χ0v) is 9.49. The molecule has 1 fully saturated rings. The highest BCUT2D eigenvalue weighted by Crippen LogP contribution is 2.27. The van der Waals surface area contributed by atoms with E-state index in [1.165, 1.54) is 11.1 Å². The van der Waals surface area contributed by atoms with Crippen molar-refractivity contribution >= 4 is 5.69 Å². The van der Waals surface area contributed by atoms with Crippen LogP contribution < -0.4 is 5.73 Å². The normalized spacial score (nSPS) is 24.1. The number of aryl methyl sites for hydroxylation is 2.